The quantitative estimate of drug-likeness (QED) is 0.611. The maximum Gasteiger partial charge on any atom is 0.242 e. The SMILES string of the molecule is CCN(CC)C(=O)Cn1ccc2cc(NC(=O)CCc3ccccc3O)ccc21. The van der Waals surface area contributed by atoms with Gasteiger partial charge in [0.1, 0.15) is 12.3 Å². The molecule has 1 heterocycles. The summed E-state index contributed by atoms with van der Waals surface area (Å²) >= 11 is 0. The van der Waals surface area contributed by atoms with E-state index in [9.17, 15) is 14.7 Å². The van der Waals surface area contributed by atoms with E-state index >= 15 is 0 Å². The van der Waals surface area contributed by atoms with E-state index in [1.54, 1.807) is 12.1 Å². The highest BCUT2D eigenvalue weighted by Crippen LogP contribution is 2.22. The van der Waals surface area contributed by atoms with E-state index in [0.717, 1.165) is 16.5 Å². The van der Waals surface area contributed by atoms with Crippen molar-refractivity contribution in [1.29, 1.82) is 0 Å². The molecule has 2 aromatic carbocycles. The number of aromatic hydroxyl groups is 1. The second kappa shape index (κ2) is 9.28. The van der Waals surface area contributed by atoms with Gasteiger partial charge in [-0.15, -0.1) is 0 Å². The van der Waals surface area contributed by atoms with Gasteiger partial charge in [-0.3, -0.25) is 9.59 Å². The molecule has 0 spiro atoms. The average Bonchev–Trinajstić information content (AvgIpc) is 3.10. The number of nitrogens with zero attached hydrogens (tertiary/aromatic N) is 2. The van der Waals surface area contributed by atoms with Crippen LogP contribution >= 0.6 is 0 Å². The lowest BCUT2D eigenvalue weighted by molar-refractivity contribution is -0.131. The highest BCUT2D eigenvalue weighted by Gasteiger charge is 2.12. The molecule has 2 amide bonds. The minimum absolute atomic E-state index is 0.0917. The van der Waals surface area contributed by atoms with Crippen molar-refractivity contribution in [2.75, 3.05) is 18.4 Å². The van der Waals surface area contributed by atoms with Gasteiger partial charge in [-0.2, -0.15) is 0 Å². The number of hydrogen-bond donors (Lipinski definition) is 2. The molecule has 29 heavy (non-hydrogen) atoms. The first kappa shape index (κ1) is 20.5. The van der Waals surface area contributed by atoms with Crippen molar-refractivity contribution in [3.8, 4) is 5.75 Å². The van der Waals surface area contributed by atoms with Crippen LogP contribution in [0.15, 0.2) is 54.7 Å². The fraction of sp³-hybridized carbons (Fsp3) is 0.304. The number of phenolic OH excluding ortho intramolecular Hbond substituents is 1. The van der Waals surface area contributed by atoms with Crippen LogP contribution in [0.5, 0.6) is 5.75 Å². The minimum atomic E-state index is -0.108. The van der Waals surface area contributed by atoms with E-state index in [1.165, 1.54) is 0 Å². The van der Waals surface area contributed by atoms with Gasteiger partial charge in [0.2, 0.25) is 11.8 Å². The van der Waals surface area contributed by atoms with Gasteiger partial charge < -0.3 is 19.9 Å². The summed E-state index contributed by atoms with van der Waals surface area (Å²) in [5.41, 5.74) is 2.43. The van der Waals surface area contributed by atoms with Crippen LogP contribution in [0.25, 0.3) is 10.9 Å². The Bertz CT molecular complexity index is 1010. The lowest BCUT2D eigenvalue weighted by atomic mass is 10.1. The lowest BCUT2D eigenvalue weighted by Crippen LogP contribution is -2.33. The van der Waals surface area contributed by atoms with Crippen LogP contribution in [0.2, 0.25) is 0 Å². The number of anilines is 1. The number of hydrogen-bond acceptors (Lipinski definition) is 3. The Morgan fingerprint density at radius 2 is 1.83 bits per heavy atom. The number of carbonyl (C=O) groups is 2. The number of benzene rings is 2. The molecule has 0 bridgehead atoms. The van der Waals surface area contributed by atoms with Gasteiger partial charge in [0, 0.05) is 42.3 Å². The lowest BCUT2D eigenvalue weighted by Gasteiger charge is -2.19. The first-order valence-electron chi connectivity index (χ1n) is 9.95. The van der Waals surface area contributed by atoms with Crippen molar-refractivity contribution < 1.29 is 14.7 Å². The fourth-order valence-corrected chi connectivity index (χ4v) is 3.43. The molecule has 0 aliphatic heterocycles. The van der Waals surface area contributed by atoms with Crippen LogP contribution in [0, 0.1) is 0 Å². The van der Waals surface area contributed by atoms with Crippen LogP contribution in [-0.4, -0.2) is 39.5 Å². The van der Waals surface area contributed by atoms with Gasteiger partial charge in [0.05, 0.1) is 0 Å². The molecule has 0 fully saturated rings. The number of phenols is 1. The summed E-state index contributed by atoms with van der Waals surface area (Å²) < 4.78 is 1.93. The Hall–Kier alpha value is -3.28. The summed E-state index contributed by atoms with van der Waals surface area (Å²) in [6, 6.07) is 14.7. The van der Waals surface area contributed by atoms with E-state index in [0.29, 0.717) is 31.7 Å². The largest absolute Gasteiger partial charge is 0.508 e. The number of rotatable bonds is 8. The molecule has 3 aromatic rings. The number of likely N-dealkylation sites (N-methyl/N-ethyl adjacent to an activating group) is 1. The van der Waals surface area contributed by atoms with Crippen molar-refractivity contribution in [1.82, 2.24) is 9.47 Å². The van der Waals surface area contributed by atoms with Crippen molar-refractivity contribution >= 4 is 28.4 Å². The molecule has 0 unspecified atom stereocenters. The molecule has 0 aliphatic carbocycles. The van der Waals surface area contributed by atoms with Crippen LogP contribution in [-0.2, 0) is 22.6 Å². The van der Waals surface area contributed by atoms with Gasteiger partial charge in [0.25, 0.3) is 0 Å². The number of fused-ring (bicyclic) bond motifs is 1. The third kappa shape index (κ3) is 4.96. The third-order valence-corrected chi connectivity index (χ3v) is 5.09. The molecular weight excluding hydrogens is 366 g/mol. The van der Waals surface area contributed by atoms with E-state index in [-0.39, 0.29) is 24.0 Å². The first-order chi connectivity index (χ1) is 14.0. The number of para-hydroxylation sites is 1. The summed E-state index contributed by atoms with van der Waals surface area (Å²) in [4.78, 5) is 26.5. The fourth-order valence-electron chi connectivity index (χ4n) is 3.43. The van der Waals surface area contributed by atoms with E-state index < -0.39 is 0 Å². The second-order valence-electron chi connectivity index (χ2n) is 6.96. The van der Waals surface area contributed by atoms with E-state index in [1.807, 2.05) is 65.9 Å². The molecule has 6 nitrogen and oxygen atoms in total. The van der Waals surface area contributed by atoms with Crippen molar-refractivity contribution in [3.63, 3.8) is 0 Å². The highest BCUT2D eigenvalue weighted by molar-refractivity contribution is 5.94. The van der Waals surface area contributed by atoms with E-state index in [4.69, 9.17) is 0 Å². The summed E-state index contributed by atoms with van der Waals surface area (Å²) in [6.07, 6.45) is 2.66. The zero-order valence-corrected chi connectivity index (χ0v) is 16.9. The van der Waals surface area contributed by atoms with Crippen molar-refractivity contribution in [3.05, 3.63) is 60.3 Å². The smallest absolute Gasteiger partial charge is 0.242 e. The van der Waals surface area contributed by atoms with Crippen molar-refractivity contribution in [2.24, 2.45) is 0 Å². The molecule has 2 N–H and O–H groups in total. The summed E-state index contributed by atoms with van der Waals surface area (Å²) in [5, 5.41) is 13.7. The third-order valence-electron chi connectivity index (χ3n) is 5.09. The Labute approximate surface area is 170 Å². The molecule has 152 valence electrons. The van der Waals surface area contributed by atoms with Gasteiger partial charge in [-0.1, -0.05) is 18.2 Å². The predicted octanol–water partition coefficient (Wildman–Crippen LogP) is 3.79. The number of aromatic nitrogens is 1. The zero-order chi connectivity index (χ0) is 20.8. The first-order valence-corrected chi connectivity index (χ1v) is 9.95. The maximum atomic E-state index is 12.4. The monoisotopic (exact) mass is 393 g/mol. The topological polar surface area (TPSA) is 74.6 Å². The highest BCUT2D eigenvalue weighted by atomic mass is 16.3. The number of nitrogens with one attached hydrogen (secondary N) is 1. The van der Waals surface area contributed by atoms with Gasteiger partial charge in [0.15, 0.2) is 0 Å². The number of aryl methyl sites for hydroxylation is 1. The standard InChI is InChI=1S/C23H27N3O3/c1-3-25(4-2)23(29)16-26-14-13-18-15-19(10-11-20(18)26)24-22(28)12-9-17-7-5-6-8-21(17)27/h5-8,10-11,13-15,27H,3-4,9,12,16H2,1-2H3,(H,24,28). The molecule has 3 rings (SSSR count). The Morgan fingerprint density at radius 1 is 1.07 bits per heavy atom. The second-order valence-corrected chi connectivity index (χ2v) is 6.96. The molecule has 0 radical (unpaired) electrons. The Morgan fingerprint density at radius 3 is 2.55 bits per heavy atom. The van der Waals surface area contributed by atoms with Crippen LogP contribution in [0.3, 0.4) is 0 Å². The predicted molar refractivity (Wildman–Crippen MR) is 115 cm³/mol. The molecule has 6 heteroatoms. The molecular formula is C23H27N3O3. The van der Waals surface area contributed by atoms with Gasteiger partial charge in [-0.25, -0.2) is 0 Å². The molecule has 0 aliphatic rings. The van der Waals surface area contributed by atoms with Gasteiger partial charge >= 0.3 is 0 Å². The number of carbonyl (C=O) groups excluding carboxylic acids is 2. The van der Waals surface area contributed by atoms with Crippen LogP contribution in [0.1, 0.15) is 25.8 Å². The molecule has 0 saturated heterocycles. The van der Waals surface area contributed by atoms with Crippen molar-refractivity contribution in [2.45, 2.75) is 33.2 Å². The summed E-state index contributed by atoms with van der Waals surface area (Å²) in [6.45, 7) is 5.65. The van der Waals surface area contributed by atoms with Crippen LogP contribution in [0.4, 0.5) is 5.69 Å². The zero-order valence-electron chi connectivity index (χ0n) is 16.9. The number of amides is 2. The summed E-state index contributed by atoms with van der Waals surface area (Å²) in [7, 11) is 0. The maximum absolute atomic E-state index is 12.4. The summed E-state index contributed by atoms with van der Waals surface area (Å²) in [5.74, 6) is 0.195. The minimum Gasteiger partial charge on any atom is -0.508 e. The molecule has 0 atom stereocenters. The molecule has 0 saturated carbocycles. The van der Waals surface area contributed by atoms with Crippen LogP contribution < -0.4 is 5.32 Å². The average molecular weight is 393 g/mol. The Balaban J connectivity index is 1.63. The normalized spacial score (nSPS) is 10.8. The van der Waals surface area contributed by atoms with E-state index in [2.05, 4.69) is 5.32 Å². The Kier molecular flexibility index (Phi) is 6.54. The molecule has 1 aromatic heterocycles. The van der Waals surface area contributed by atoms with Gasteiger partial charge in [-0.05, 0) is 56.2 Å².